The molecule has 0 bridgehead atoms. The fraction of sp³-hybridized carbons (Fsp3) is 0.417. The first kappa shape index (κ1) is 23.3. The number of hydrogen-bond acceptors (Lipinski definition) is 4. The van der Waals surface area contributed by atoms with Gasteiger partial charge in [0.15, 0.2) is 0 Å². The van der Waals surface area contributed by atoms with E-state index < -0.39 is 0 Å². The van der Waals surface area contributed by atoms with Gasteiger partial charge in [0.1, 0.15) is 5.75 Å². The zero-order chi connectivity index (χ0) is 22.4. The van der Waals surface area contributed by atoms with Crippen LogP contribution in [0.4, 0.5) is 5.69 Å². The quantitative estimate of drug-likeness (QED) is 0.623. The molecule has 0 aliphatic carbocycles. The highest BCUT2D eigenvalue weighted by Gasteiger charge is 2.21. The lowest BCUT2D eigenvalue weighted by molar-refractivity contribution is 0.0664. The van der Waals surface area contributed by atoms with Crippen molar-refractivity contribution in [3.63, 3.8) is 0 Å². The molecule has 0 unspecified atom stereocenters. The van der Waals surface area contributed by atoms with Crippen molar-refractivity contribution in [3.05, 3.63) is 58.1 Å². The number of nitrogens with one attached hydrogen (secondary N) is 1. The van der Waals surface area contributed by atoms with Crippen molar-refractivity contribution in [2.24, 2.45) is 5.92 Å². The SMILES string of the molecule is CC(C)CCOc1ccc(Br)cc1C(=O)Nc1cccc(C(=O)N2CCN(C)CC2)c1. The first-order valence-corrected chi connectivity index (χ1v) is 11.4. The number of piperazine rings is 1. The van der Waals surface area contributed by atoms with E-state index in [-0.39, 0.29) is 11.8 Å². The molecule has 166 valence electrons. The molecule has 1 fully saturated rings. The van der Waals surface area contributed by atoms with E-state index in [1.807, 2.05) is 11.0 Å². The lowest BCUT2D eigenvalue weighted by atomic mass is 10.1. The molecule has 1 aliphatic rings. The number of benzene rings is 2. The number of ether oxygens (including phenoxy) is 1. The molecule has 6 nitrogen and oxygen atoms in total. The number of halogens is 1. The molecule has 2 aromatic rings. The summed E-state index contributed by atoms with van der Waals surface area (Å²) in [6, 6.07) is 12.5. The van der Waals surface area contributed by atoms with E-state index in [4.69, 9.17) is 4.74 Å². The van der Waals surface area contributed by atoms with Crippen LogP contribution in [0.25, 0.3) is 0 Å². The van der Waals surface area contributed by atoms with Gasteiger partial charge in [0, 0.05) is 41.9 Å². The van der Waals surface area contributed by atoms with Crippen LogP contribution >= 0.6 is 15.9 Å². The summed E-state index contributed by atoms with van der Waals surface area (Å²) in [5.41, 5.74) is 1.61. The molecular formula is C24H30BrN3O3. The second kappa shape index (κ2) is 10.8. The van der Waals surface area contributed by atoms with Crippen molar-refractivity contribution in [3.8, 4) is 5.75 Å². The maximum Gasteiger partial charge on any atom is 0.259 e. The molecule has 2 amide bonds. The van der Waals surface area contributed by atoms with E-state index in [0.29, 0.717) is 48.2 Å². The molecule has 31 heavy (non-hydrogen) atoms. The molecular weight excluding hydrogens is 458 g/mol. The Labute approximate surface area is 192 Å². The van der Waals surface area contributed by atoms with E-state index in [0.717, 1.165) is 24.0 Å². The number of amides is 2. The largest absolute Gasteiger partial charge is 0.493 e. The topological polar surface area (TPSA) is 61.9 Å². The fourth-order valence-electron chi connectivity index (χ4n) is 3.33. The molecule has 0 saturated carbocycles. The molecule has 1 N–H and O–H groups in total. The molecule has 0 aromatic heterocycles. The standard InChI is InChI=1S/C24H30BrN3O3/c1-17(2)9-14-31-22-8-7-19(25)16-21(22)23(29)26-20-6-4-5-18(15-20)24(30)28-12-10-27(3)11-13-28/h4-8,15-17H,9-14H2,1-3H3,(H,26,29). The molecule has 7 heteroatoms. The number of anilines is 1. The minimum absolute atomic E-state index is 0.00985. The highest BCUT2D eigenvalue weighted by atomic mass is 79.9. The summed E-state index contributed by atoms with van der Waals surface area (Å²) in [7, 11) is 2.06. The monoisotopic (exact) mass is 487 g/mol. The molecule has 3 rings (SSSR count). The number of carbonyl (C=O) groups excluding carboxylic acids is 2. The van der Waals surface area contributed by atoms with Gasteiger partial charge in [0.05, 0.1) is 12.2 Å². The Bertz CT molecular complexity index is 924. The Morgan fingerprint density at radius 2 is 1.84 bits per heavy atom. The number of rotatable bonds is 7. The number of carbonyl (C=O) groups is 2. The first-order chi connectivity index (χ1) is 14.8. The summed E-state index contributed by atoms with van der Waals surface area (Å²) >= 11 is 3.43. The summed E-state index contributed by atoms with van der Waals surface area (Å²) < 4.78 is 6.66. The number of nitrogens with zero attached hydrogens (tertiary/aromatic N) is 2. The van der Waals surface area contributed by atoms with Crippen LogP contribution in [0.5, 0.6) is 5.75 Å². The van der Waals surface area contributed by atoms with Crippen molar-refractivity contribution in [1.82, 2.24) is 9.80 Å². The minimum Gasteiger partial charge on any atom is -0.493 e. The average molecular weight is 488 g/mol. The third kappa shape index (κ3) is 6.55. The number of hydrogen-bond donors (Lipinski definition) is 1. The second-order valence-electron chi connectivity index (χ2n) is 8.30. The summed E-state index contributed by atoms with van der Waals surface area (Å²) in [4.78, 5) is 29.9. The number of likely N-dealkylation sites (N-methyl/N-ethyl adjacent to an activating group) is 1. The van der Waals surface area contributed by atoms with Crippen LogP contribution in [0.15, 0.2) is 46.9 Å². The highest BCUT2D eigenvalue weighted by Crippen LogP contribution is 2.25. The van der Waals surface area contributed by atoms with Crippen molar-refractivity contribution in [2.45, 2.75) is 20.3 Å². The van der Waals surface area contributed by atoms with Crippen LogP contribution in [0.2, 0.25) is 0 Å². The van der Waals surface area contributed by atoms with Crippen LogP contribution < -0.4 is 10.1 Å². The third-order valence-corrected chi connectivity index (χ3v) is 5.79. The Balaban J connectivity index is 1.71. The van der Waals surface area contributed by atoms with Gasteiger partial charge >= 0.3 is 0 Å². The van der Waals surface area contributed by atoms with E-state index in [1.165, 1.54) is 0 Å². The van der Waals surface area contributed by atoms with Crippen LogP contribution in [0, 0.1) is 5.92 Å². The molecule has 0 radical (unpaired) electrons. The molecule has 1 aliphatic heterocycles. The molecule has 2 aromatic carbocycles. The third-order valence-electron chi connectivity index (χ3n) is 5.30. The Kier molecular flexibility index (Phi) is 8.09. The van der Waals surface area contributed by atoms with E-state index in [9.17, 15) is 9.59 Å². The Morgan fingerprint density at radius 1 is 1.10 bits per heavy atom. The van der Waals surface area contributed by atoms with Crippen molar-refractivity contribution in [2.75, 3.05) is 45.2 Å². The predicted molar refractivity (Wildman–Crippen MR) is 127 cm³/mol. The zero-order valence-electron chi connectivity index (χ0n) is 18.4. The lowest BCUT2D eigenvalue weighted by Crippen LogP contribution is -2.47. The van der Waals surface area contributed by atoms with Gasteiger partial charge in [-0.2, -0.15) is 0 Å². The lowest BCUT2D eigenvalue weighted by Gasteiger charge is -2.32. The van der Waals surface area contributed by atoms with Crippen LogP contribution in [-0.4, -0.2) is 61.4 Å². The van der Waals surface area contributed by atoms with E-state index >= 15 is 0 Å². The van der Waals surface area contributed by atoms with Gasteiger partial charge in [-0.25, -0.2) is 0 Å². The predicted octanol–water partition coefficient (Wildman–Crippen LogP) is 4.51. The Morgan fingerprint density at radius 3 is 2.55 bits per heavy atom. The molecule has 1 heterocycles. The summed E-state index contributed by atoms with van der Waals surface area (Å²) in [6.07, 6.45) is 0.910. The van der Waals surface area contributed by atoms with Gasteiger partial charge in [-0.3, -0.25) is 9.59 Å². The van der Waals surface area contributed by atoms with E-state index in [1.54, 1.807) is 36.4 Å². The molecule has 0 spiro atoms. The minimum atomic E-state index is -0.273. The first-order valence-electron chi connectivity index (χ1n) is 10.6. The second-order valence-corrected chi connectivity index (χ2v) is 9.22. The highest BCUT2D eigenvalue weighted by molar-refractivity contribution is 9.10. The van der Waals surface area contributed by atoms with Crippen LogP contribution in [0.3, 0.4) is 0 Å². The van der Waals surface area contributed by atoms with Gasteiger partial charge in [-0.1, -0.05) is 35.8 Å². The summed E-state index contributed by atoms with van der Waals surface area (Å²) in [5, 5.41) is 2.91. The summed E-state index contributed by atoms with van der Waals surface area (Å²) in [6.45, 7) is 7.97. The van der Waals surface area contributed by atoms with E-state index in [2.05, 4.69) is 47.0 Å². The zero-order valence-corrected chi connectivity index (χ0v) is 19.9. The van der Waals surface area contributed by atoms with Gasteiger partial charge in [0.2, 0.25) is 0 Å². The van der Waals surface area contributed by atoms with Crippen molar-refractivity contribution >= 4 is 33.4 Å². The van der Waals surface area contributed by atoms with Crippen LogP contribution in [-0.2, 0) is 0 Å². The molecule has 0 atom stereocenters. The normalized spacial score (nSPS) is 14.5. The van der Waals surface area contributed by atoms with Gasteiger partial charge < -0.3 is 19.9 Å². The van der Waals surface area contributed by atoms with Crippen molar-refractivity contribution in [1.29, 1.82) is 0 Å². The average Bonchev–Trinajstić information content (AvgIpc) is 2.74. The fourth-order valence-corrected chi connectivity index (χ4v) is 3.69. The smallest absolute Gasteiger partial charge is 0.259 e. The maximum atomic E-state index is 13.0. The Hall–Kier alpha value is -2.38. The van der Waals surface area contributed by atoms with Gasteiger partial charge in [-0.05, 0) is 55.8 Å². The molecule has 1 saturated heterocycles. The van der Waals surface area contributed by atoms with Gasteiger partial charge in [-0.15, -0.1) is 0 Å². The van der Waals surface area contributed by atoms with Crippen LogP contribution in [0.1, 0.15) is 41.0 Å². The summed E-state index contributed by atoms with van der Waals surface area (Å²) in [5.74, 6) is 0.786. The maximum absolute atomic E-state index is 13.0. The van der Waals surface area contributed by atoms with Crippen molar-refractivity contribution < 1.29 is 14.3 Å². The van der Waals surface area contributed by atoms with Gasteiger partial charge in [0.25, 0.3) is 11.8 Å².